The van der Waals surface area contributed by atoms with Gasteiger partial charge in [-0.3, -0.25) is 9.67 Å². The van der Waals surface area contributed by atoms with Crippen molar-refractivity contribution in [3.63, 3.8) is 0 Å². The fraction of sp³-hybridized carbons (Fsp3) is 0.455. The molecule has 4 nitrogen and oxygen atoms in total. The molecular formula is C11H13F3N4. The van der Waals surface area contributed by atoms with Crippen molar-refractivity contribution >= 4 is 10.9 Å². The second kappa shape index (κ2) is 4.24. The van der Waals surface area contributed by atoms with E-state index in [0.29, 0.717) is 22.3 Å². The Morgan fingerprint density at radius 2 is 2.11 bits per heavy atom. The zero-order valence-electron chi connectivity index (χ0n) is 9.99. The summed E-state index contributed by atoms with van der Waals surface area (Å²) >= 11 is 0. The van der Waals surface area contributed by atoms with Crippen LogP contribution in [-0.2, 0) is 6.54 Å². The molecule has 0 aromatic carbocycles. The molecule has 0 bridgehead atoms. The van der Waals surface area contributed by atoms with Gasteiger partial charge in [0.2, 0.25) is 0 Å². The van der Waals surface area contributed by atoms with Gasteiger partial charge in [-0.05, 0) is 19.9 Å². The summed E-state index contributed by atoms with van der Waals surface area (Å²) in [5.74, 6) is 0. The minimum atomic E-state index is -4.30. The molecule has 98 valence electrons. The van der Waals surface area contributed by atoms with Gasteiger partial charge >= 0.3 is 6.18 Å². The van der Waals surface area contributed by atoms with E-state index in [-0.39, 0.29) is 6.04 Å². The fourth-order valence-corrected chi connectivity index (χ4v) is 1.79. The van der Waals surface area contributed by atoms with Crippen LogP contribution in [0.25, 0.3) is 10.9 Å². The number of nitrogens with zero attached hydrogens (tertiary/aromatic N) is 3. The number of alkyl halides is 3. The highest BCUT2D eigenvalue weighted by atomic mass is 19.4. The van der Waals surface area contributed by atoms with Crippen LogP contribution in [0.3, 0.4) is 0 Å². The summed E-state index contributed by atoms with van der Waals surface area (Å²) in [6.07, 6.45) is -2.91. The highest BCUT2D eigenvalue weighted by Crippen LogP contribution is 2.24. The molecule has 2 heterocycles. The third-order valence-corrected chi connectivity index (χ3v) is 2.64. The minimum Gasteiger partial charge on any atom is -0.323 e. The molecule has 2 N–H and O–H groups in total. The predicted octanol–water partition coefficient (Wildman–Crippen LogP) is 2.32. The smallest absolute Gasteiger partial charge is 0.323 e. The molecule has 0 radical (unpaired) electrons. The lowest BCUT2D eigenvalue weighted by Gasteiger charge is -2.08. The monoisotopic (exact) mass is 258 g/mol. The zero-order valence-corrected chi connectivity index (χ0v) is 9.99. The molecule has 2 aromatic rings. The van der Waals surface area contributed by atoms with E-state index in [1.807, 2.05) is 0 Å². The number of halogens is 3. The van der Waals surface area contributed by atoms with E-state index in [1.165, 1.54) is 6.20 Å². The topological polar surface area (TPSA) is 56.7 Å². The molecule has 7 heteroatoms. The number of hydrogen-bond donors (Lipinski definition) is 1. The van der Waals surface area contributed by atoms with E-state index in [4.69, 9.17) is 5.73 Å². The minimum absolute atomic E-state index is 0.264. The Morgan fingerprint density at radius 3 is 2.67 bits per heavy atom. The van der Waals surface area contributed by atoms with Gasteiger partial charge in [-0.15, -0.1) is 0 Å². The SMILES string of the molecule is Cc1nn(CC(F)(F)F)c2cnc([C@@H](C)N)cc12. The molecular weight excluding hydrogens is 245 g/mol. The molecule has 0 spiro atoms. The van der Waals surface area contributed by atoms with E-state index in [9.17, 15) is 13.2 Å². The Labute approximate surface area is 102 Å². The van der Waals surface area contributed by atoms with Crippen molar-refractivity contribution in [1.82, 2.24) is 14.8 Å². The van der Waals surface area contributed by atoms with Crippen LogP contribution >= 0.6 is 0 Å². The van der Waals surface area contributed by atoms with Crippen LogP contribution in [-0.4, -0.2) is 20.9 Å². The maximum atomic E-state index is 12.4. The molecule has 2 aromatic heterocycles. The van der Waals surface area contributed by atoms with Gasteiger partial charge in [-0.1, -0.05) is 0 Å². The van der Waals surface area contributed by atoms with Gasteiger partial charge in [0.25, 0.3) is 0 Å². The van der Waals surface area contributed by atoms with Crippen LogP contribution in [0.1, 0.15) is 24.4 Å². The van der Waals surface area contributed by atoms with Gasteiger partial charge in [-0.2, -0.15) is 18.3 Å². The molecule has 0 aliphatic heterocycles. The van der Waals surface area contributed by atoms with Gasteiger partial charge in [-0.25, -0.2) is 0 Å². The number of pyridine rings is 1. The highest BCUT2D eigenvalue weighted by Gasteiger charge is 2.29. The molecule has 0 unspecified atom stereocenters. The lowest BCUT2D eigenvalue weighted by atomic mass is 10.1. The summed E-state index contributed by atoms with van der Waals surface area (Å²) in [7, 11) is 0. The molecule has 18 heavy (non-hydrogen) atoms. The Balaban J connectivity index is 2.52. The van der Waals surface area contributed by atoms with Crippen LogP contribution in [0.4, 0.5) is 13.2 Å². The first-order valence-corrected chi connectivity index (χ1v) is 5.43. The lowest BCUT2D eigenvalue weighted by molar-refractivity contribution is -0.141. The third-order valence-electron chi connectivity index (χ3n) is 2.64. The fourth-order valence-electron chi connectivity index (χ4n) is 1.79. The average molecular weight is 258 g/mol. The largest absolute Gasteiger partial charge is 0.408 e. The van der Waals surface area contributed by atoms with Crippen LogP contribution < -0.4 is 5.73 Å². The maximum Gasteiger partial charge on any atom is 0.408 e. The van der Waals surface area contributed by atoms with Crippen molar-refractivity contribution in [2.45, 2.75) is 32.6 Å². The normalized spacial score (nSPS) is 14.1. The zero-order chi connectivity index (χ0) is 13.5. The number of nitrogens with two attached hydrogens (primary N) is 1. The summed E-state index contributed by atoms with van der Waals surface area (Å²) < 4.78 is 38.1. The van der Waals surface area contributed by atoms with Crippen LogP contribution in [0.5, 0.6) is 0 Å². The molecule has 0 amide bonds. The van der Waals surface area contributed by atoms with Crippen molar-refractivity contribution in [2.75, 3.05) is 0 Å². The molecule has 0 saturated carbocycles. The van der Waals surface area contributed by atoms with Crippen molar-refractivity contribution in [3.05, 3.63) is 23.7 Å². The molecule has 0 aliphatic rings. The van der Waals surface area contributed by atoms with E-state index in [0.717, 1.165) is 4.68 Å². The molecule has 0 aliphatic carbocycles. The second-order valence-corrected chi connectivity index (χ2v) is 4.27. The first-order chi connectivity index (χ1) is 8.28. The Bertz CT molecular complexity index is 571. The van der Waals surface area contributed by atoms with Crippen LogP contribution in [0.2, 0.25) is 0 Å². The summed E-state index contributed by atoms with van der Waals surface area (Å²) in [4.78, 5) is 4.06. The van der Waals surface area contributed by atoms with Crippen LogP contribution in [0, 0.1) is 6.92 Å². The Hall–Kier alpha value is -1.63. The van der Waals surface area contributed by atoms with E-state index >= 15 is 0 Å². The maximum absolute atomic E-state index is 12.4. The highest BCUT2D eigenvalue weighted by molar-refractivity contribution is 5.81. The number of aryl methyl sites for hydroxylation is 1. The van der Waals surface area contributed by atoms with Crippen molar-refractivity contribution in [2.24, 2.45) is 5.73 Å². The number of hydrogen-bond acceptors (Lipinski definition) is 3. The standard InChI is InChI=1S/C11H13F3N4/c1-6(15)9-3-8-7(2)17-18(5-11(12,13)14)10(8)4-16-9/h3-4,6H,5,15H2,1-2H3/t6-/m1/s1. The van der Waals surface area contributed by atoms with Crippen molar-refractivity contribution in [1.29, 1.82) is 0 Å². The number of rotatable bonds is 2. The lowest BCUT2D eigenvalue weighted by Crippen LogP contribution is -2.18. The third kappa shape index (κ3) is 2.45. The molecule has 1 atom stereocenters. The predicted molar refractivity (Wildman–Crippen MR) is 60.9 cm³/mol. The molecule has 0 fully saturated rings. The van der Waals surface area contributed by atoms with Crippen molar-refractivity contribution < 1.29 is 13.2 Å². The van der Waals surface area contributed by atoms with Gasteiger partial charge in [0.05, 0.1) is 23.1 Å². The quantitative estimate of drug-likeness (QED) is 0.899. The average Bonchev–Trinajstić information content (AvgIpc) is 2.53. The van der Waals surface area contributed by atoms with Gasteiger partial charge in [0, 0.05) is 11.4 Å². The first kappa shape index (κ1) is 12.8. The number of aromatic nitrogens is 3. The van der Waals surface area contributed by atoms with E-state index < -0.39 is 12.7 Å². The first-order valence-electron chi connectivity index (χ1n) is 5.43. The summed E-state index contributed by atoms with van der Waals surface area (Å²) in [5, 5.41) is 4.55. The van der Waals surface area contributed by atoms with Crippen LogP contribution in [0.15, 0.2) is 12.3 Å². The van der Waals surface area contributed by atoms with Gasteiger partial charge in [0.1, 0.15) is 6.54 Å². The van der Waals surface area contributed by atoms with E-state index in [1.54, 1.807) is 19.9 Å². The number of fused-ring (bicyclic) bond motifs is 1. The Morgan fingerprint density at radius 1 is 1.44 bits per heavy atom. The molecule has 0 saturated heterocycles. The second-order valence-electron chi connectivity index (χ2n) is 4.27. The Kier molecular flexibility index (Phi) is 3.02. The van der Waals surface area contributed by atoms with Crippen molar-refractivity contribution in [3.8, 4) is 0 Å². The summed E-state index contributed by atoms with van der Waals surface area (Å²) in [6.45, 7) is 2.32. The van der Waals surface area contributed by atoms with Gasteiger partial charge in [0.15, 0.2) is 0 Å². The summed E-state index contributed by atoms with van der Waals surface area (Å²) in [6, 6.07) is 1.43. The summed E-state index contributed by atoms with van der Waals surface area (Å²) in [5.41, 5.74) is 7.24. The van der Waals surface area contributed by atoms with E-state index in [2.05, 4.69) is 10.1 Å². The molecule has 2 rings (SSSR count). The van der Waals surface area contributed by atoms with Gasteiger partial charge < -0.3 is 5.73 Å².